The summed E-state index contributed by atoms with van der Waals surface area (Å²) in [6, 6.07) is 0. The van der Waals surface area contributed by atoms with Crippen LogP contribution >= 0.6 is 0 Å². The van der Waals surface area contributed by atoms with Crippen LogP contribution in [0.1, 0.15) is 13.8 Å². The molecule has 3 N–H and O–H groups in total. The average Bonchev–Trinajstić information content (AvgIpc) is 1.63. The van der Waals surface area contributed by atoms with Gasteiger partial charge in [-0.1, -0.05) is 0 Å². The van der Waals surface area contributed by atoms with E-state index in [9.17, 15) is 0 Å². The zero-order valence-corrected chi connectivity index (χ0v) is 5.74. The van der Waals surface area contributed by atoms with E-state index in [-0.39, 0.29) is 6.10 Å². The van der Waals surface area contributed by atoms with Crippen molar-refractivity contribution in [1.29, 1.82) is 0 Å². The highest BCUT2D eigenvalue weighted by Crippen LogP contribution is 1.65. The molecule has 0 spiro atoms. The second-order valence-electron chi connectivity index (χ2n) is 1.70. The predicted octanol–water partition coefficient (Wildman–Crippen LogP) is -0.457. The number of hydrogen-bond acceptors (Lipinski definition) is 3. The fourth-order valence-electron chi connectivity index (χ4n) is 0. The van der Waals surface area contributed by atoms with Crippen molar-refractivity contribution < 1.29 is 24.9 Å². The molecule has 5 heteroatoms. The summed E-state index contributed by atoms with van der Waals surface area (Å²) >= 11 is 0. The van der Waals surface area contributed by atoms with Crippen LogP contribution < -0.4 is 0 Å². The lowest BCUT2D eigenvalue weighted by molar-refractivity contribution is -0.159. The molecule has 5 nitrogen and oxygen atoms in total. The molecule has 10 heavy (non-hydrogen) atoms. The maximum absolute atomic E-state index is 9.10. The molecule has 0 aromatic rings. The Morgan fingerprint density at radius 3 is 1.20 bits per heavy atom. The van der Waals surface area contributed by atoms with Gasteiger partial charge in [0.25, 0.3) is 0 Å². The molecule has 0 amide bonds. The lowest BCUT2D eigenvalue weighted by atomic mass is 10.5. The first-order valence-electron chi connectivity index (χ1n) is 2.52. The first-order chi connectivity index (χ1) is 4.37. The molecular weight excluding hydrogens is 140 g/mol. The molecule has 0 fully saturated rings. The SMILES string of the molecule is CC(C)O.O=C(O)C(=O)O. The summed E-state index contributed by atoms with van der Waals surface area (Å²) in [6.07, 6.45) is -0.167. The lowest BCUT2D eigenvalue weighted by Crippen LogP contribution is -2.09. The van der Waals surface area contributed by atoms with Crippen molar-refractivity contribution in [2.45, 2.75) is 20.0 Å². The number of aliphatic hydroxyl groups is 1. The van der Waals surface area contributed by atoms with Gasteiger partial charge in [-0.25, -0.2) is 9.59 Å². The van der Waals surface area contributed by atoms with Crippen molar-refractivity contribution in [3.05, 3.63) is 0 Å². The third-order valence-corrected chi connectivity index (χ3v) is 0.183. The Kier molecular flexibility index (Phi) is 7.03. The van der Waals surface area contributed by atoms with Gasteiger partial charge in [-0.3, -0.25) is 0 Å². The number of carboxylic acid groups (broad SMARTS) is 2. The minimum absolute atomic E-state index is 0.167. The molecule has 0 unspecified atom stereocenters. The van der Waals surface area contributed by atoms with Gasteiger partial charge in [0.2, 0.25) is 0 Å². The molecular formula is C5H10O5. The monoisotopic (exact) mass is 150 g/mol. The summed E-state index contributed by atoms with van der Waals surface area (Å²) in [7, 11) is 0. The number of rotatable bonds is 0. The van der Waals surface area contributed by atoms with E-state index >= 15 is 0 Å². The van der Waals surface area contributed by atoms with Gasteiger partial charge in [-0.05, 0) is 13.8 Å². The van der Waals surface area contributed by atoms with Gasteiger partial charge in [-0.2, -0.15) is 0 Å². The number of hydrogen-bond donors (Lipinski definition) is 3. The number of aliphatic carboxylic acids is 2. The highest BCUT2D eigenvalue weighted by molar-refractivity contribution is 6.27. The van der Waals surface area contributed by atoms with Crippen LogP contribution in [0.15, 0.2) is 0 Å². The van der Waals surface area contributed by atoms with E-state index in [4.69, 9.17) is 24.9 Å². The second-order valence-corrected chi connectivity index (χ2v) is 1.70. The summed E-state index contributed by atoms with van der Waals surface area (Å²) in [4.78, 5) is 18.2. The number of carbonyl (C=O) groups is 2. The Balaban J connectivity index is 0. The zero-order valence-electron chi connectivity index (χ0n) is 5.74. The Morgan fingerprint density at radius 2 is 1.20 bits per heavy atom. The Hall–Kier alpha value is -1.10. The van der Waals surface area contributed by atoms with Crippen molar-refractivity contribution in [2.24, 2.45) is 0 Å². The van der Waals surface area contributed by atoms with Gasteiger partial charge in [0, 0.05) is 6.10 Å². The first kappa shape index (κ1) is 11.7. The van der Waals surface area contributed by atoms with Crippen molar-refractivity contribution in [2.75, 3.05) is 0 Å². The minimum Gasteiger partial charge on any atom is -0.473 e. The minimum atomic E-state index is -1.82. The van der Waals surface area contributed by atoms with E-state index < -0.39 is 11.9 Å². The summed E-state index contributed by atoms with van der Waals surface area (Å²) in [5.41, 5.74) is 0. The fraction of sp³-hybridized carbons (Fsp3) is 0.600. The quantitative estimate of drug-likeness (QED) is 0.406. The third kappa shape index (κ3) is 28.6. The third-order valence-electron chi connectivity index (χ3n) is 0.183. The maximum Gasteiger partial charge on any atom is 0.414 e. The Bertz CT molecular complexity index is 102. The topological polar surface area (TPSA) is 94.8 Å². The molecule has 0 aliphatic rings. The van der Waals surface area contributed by atoms with Crippen LogP contribution in [0.25, 0.3) is 0 Å². The smallest absolute Gasteiger partial charge is 0.414 e. The molecule has 0 rings (SSSR count). The maximum atomic E-state index is 9.10. The van der Waals surface area contributed by atoms with Crippen LogP contribution in [0.2, 0.25) is 0 Å². The van der Waals surface area contributed by atoms with E-state index in [1.165, 1.54) is 0 Å². The van der Waals surface area contributed by atoms with Crippen LogP contribution in [0.4, 0.5) is 0 Å². The molecule has 0 aliphatic carbocycles. The van der Waals surface area contributed by atoms with Crippen LogP contribution in [-0.4, -0.2) is 33.4 Å². The van der Waals surface area contributed by atoms with E-state index in [1.807, 2.05) is 0 Å². The van der Waals surface area contributed by atoms with Crippen molar-refractivity contribution >= 4 is 11.9 Å². The molecule has 0 bridgehead atoms. The van der Waals surface area contributed by atoms with Crippen molar-refractivity contribution in [3.63, 3.8) is 0 Å². The van der Waals surface area contributed by atoms with Crippen molar-refractivity contribution in [1.82, 2.24) is 0 Å². The van der Waals surface area contributed by atoms with Crippen LogP contribution in [0, 0.1) is 0 Å². The number of aliphatic hydroxyl groups excluding tert-OH is 1. The summed E-state index contributed by atoms with van der Waals surface area (Å²) in [6.45, 7) is 3.44. The van der Waals surface area contributed by atoms with Crippen molar-refractivity contribution in [3.8, 4) is 0 Å². The van der Waals surface area contributed by atoms with E-state index in [0.717, 1.165) is 0 Å². The van der Waals surface area contributed by atoms with Gasteiger partial charge in [0.05, 0.1) is 0 Å². The normalized spacial score (nSPS) is 8.00. The van der Waals surface area contributed by atoms with Gasteiger partial charge >= 0.3 is 11.9 Å². The van der Waals surface area contributed by atoms with E-state index in [2.05, 4.69) is 0 Å². The fourth-order valence-corrected chi connectivity index (χ4v) is 0. The molecule has 0 aromatic heterocycles. The van der Waals surface area contributed by atoms with Crippen LogP contribution in [0.5, 0.6) is 0 Å². The summed E-state index contributed by atoms with van der Waals surface area (Å²) in [5, 5.41) is 22.8. The molecule has 0 saturated carbocycles. The van der Waals surface area contributed by atoms with Crippen LogP contribution in [0.3, 0.4) is 0 Å². The molecule has 0 saturated heterocycles. The van der Waals surface area contributed by atoms with E-state index in [0.29, 0.717) is 0 Å². The van der Waals surface area contributed by atoms with Crippen LogP contribution in [-0.2, 0) is 9.59 Å². The largest absolute Gasteiger partial charge is 0.473 e. The van der Waals surface area contributed by atoms with Gasteiger partial charge in [-0.15, -0.1) is 0 Å². The van der Waals surface area contributed by atoms with E-state index in [1.54, 1.807) is 13.8 Å². The van der Waals surface area contributed by atoms with Gasteiger partial charge in [0.1, 0.15) is 0 Å². The standard InChI is InChI=1S/C3H8O.C2H2O4/c1-3(2)4;3-1(4)2(5)6/h3-4H,1-2H3;(H,3,4)(H,5,6). The second kappa shape index (κ2) is 6.03. The molecule has 60 valence electrons. The molecule has 0 aliphatic heterocycles. The first-order valence-corrected chi connectivity index (χ1v) is 2.52. The molecule has 0 aromatic carbocycles. The molecule has 0 atom stereocenters. The predicted molar refractivity (Wildman–Crippen MR) is 32.6 cm³/mol. The average molecular weight is 150 g/mol. The lowest BCUT2D eigenvalue weighted by Gasteiger charge is -1.80. The Morgan fingerprint density at radius 1 is 1.10 bits per heavy atom. The molecule has 0 heterocycles. The highest BCUT2D eigenvalue weighted by Gasteiger charge is 2.04. The van der Waals surface area contributed by atoms with Gasteiger partial charge in [0.15, 0.2) is 0 Å². The summed E-state index contributed by atoms with van der Waals surface area (Å²) < 4.78 is 0. The highest BCUT2D eigenvalue weighted by atomic mass is 16.4. The zero-order chi connectivity index (χ0) is 8.73. The summed E-state index contributed by atoms with van der Waals surface area (Å²) in [5.74, 6) is -3.65. The van der Waals surface area contributed by atoms with Gasteiger partial charge < -0.3 is 15.3 Å². The number of carboxylic acids is 2. The Labute approximate surface area is 57.9 Å². The molecule has 0 radical (unpaired) electrons.